The van der Waals surface area contributed by atoms with Crippen molar-refractivity contribution >= 4 is 67.8 Å². The molecule has 180 valence electrons. The van der Waals surface area contributed by atoms with Crippen LogP contribution in [0.4, 0.5) is 17.2 Å². The van der Waals surface area contributed by atoms with Crippen molar-refractivity contribution in [2.75, 3.05) is 10.6 Å². The number of carbonyl (C=O) groups is 1. The van der Waals surface area contributed by atoms with E-state index in [2.05, 4.69) is 10.6 Å². The standard InChI is InChI=1S/C30H21ClN4OS/c1-18-14-29(32-20-7-4-6-19(31)15-20)35-26-12-11-21(16-23(18)26)33-30(36)24-17-27(28-10-5-13-37-28)34-25-9-3-2-8-22(24)25/h2-17H,1H3,(H,32,35)(H,33,36). The van der Waals surface area contributed by atoms with Crippen LogP contribution >= 0.6 is 22.9 Å². The van der Waals surface area contributed by atoms with Gasteiger partial charge in [0.15, 0.2) is 0 Å². The topological polar surface area (TPSA) is 66.9 Å². The van der Waals surface area contributed by atoms with Gasteiger partial charge in [0.2, 0.25) is 0 Å². The number of aryl methyl sites for hydroxylation is 1. The van der Waals surface area contributed by atoms with E-state index in [0.717, 1.165) is 49.4 Å². The molecule has 3 aromatic heterocycles. The summed E-state index contributed by atoms with van der Waals surface area (Å²) in [5.41, 5.74) is 5.61. The summed E-state index contributed by atoms with van der Waals surface area (Å²) < 4.78 is 0. The highest BCUT2D eigenvalue weighted by atomic mass is 35.5. The molecule has 0 atom stereocenters. The molecule has 5 nitrogen and oxygen atoms in total. The third-order valence-electron chi connectivity index (χ3n) is 6.10. The van der Waals surface area contributed by atoms with Crippen molar-refractivity contribution in [1.82, 2.24) is 9.97 Å². The maximum Gasteiger partial charge on any atom is 0.256 e. The lowest BCUT2D eigenvalue weighted by molar-refractivity contribution is 0.102. The summed E-state index contributed by atoms with van der Waals surface area (Å²) >= 11 is 7.71. The van der Waals surface area contributed by atoms with Gasteiger partial charge in [-0.3, -0.25) is 4.79 Å². The average molecular weight is 521 g/mol. The Labute approximate surface area is 222 Å². The van der Waals surface area contributed by atoms with E-state index in [4.69, 9.17) is 21.6 Å². The van der Waals surface area contributed by atoms with Crippen molar-refractivity contribution in [3.8, 4) is 10.6 Å². The Morgan fingerprint density at radius 3 is 2.51 bits per heavy atom. The van der Waals surface area contributed by atoms with Gasteiger partial charge in [0.25, 0.3) is 5.91 Å². The first-order valence-electron chi connectivity index (χ1n) is 11.7. The second-order valence-electron chi connectivity index (χ2n) is 8.70. The molecule has 0 unspecified atom stereocenters. The Morgan fingerprint density at radius 2 is 1.68 bits per heavy atom. The summed E-state index contributed by atoms with van der Waals surface area (Å²) in [5, 5.41) is 10.8. The molecule has 6 aromatic rings. The zero-order chi connectivity index (χ0) is 25.4. The fourth-order valence-corrected chi connectivity index (χ4v) is 5.24. The van der Waals surface area contributed by atoms with E-state index in [1.807, 2.05) is 103 Å². The number of hydrogen-bond donors (Lipinski definition) is 2. The number of pyridine rings is 2. The van der Waals surface area contributed by atoms with E-state index in [9.17, 15) is 4.79 Å². The number of amides is 1. The molecule has 3 heterocycles. The monoisotopic (exact) mass is 520 g/mol. The number of hydrogen-bond acceptors (Lipinski definition) is 5. The lowest BCUT2D eigenvalue weighted by Crippen LogP contribution is -2.13. The molecule has 7 heteroatoms. The van der Waals surface area contributed by atoms with Crippen molar-refractivity contribution in [3.63, 3.8) is 0 Å². The van der Waals surface area contributed by atoms with Crippen molar-refractivity contribution in [2.45, 2.75) is 6.92 Å². The van der Waals surface area contributed by atoms with E-state index in [1.54, 1.807) is 11.3 Å². The number of para-hydroxylation sites is 1. The Morgan fingerprint density at radius 1 is 0.811 bits per heavy atom. The van der Waals surface area contributed by atoms with Crippen LogP contribution in [0.5, 0.6) is 0 Å². The molecule has 0 bridgehead atoms. The lowest BCUT2D eigenvalue weighted by atomic mass is 10.1. The van der Waals surface area contributed by atoms with Crippen LogP contribution in [0.25, 0.3) is 32.4 Å². The maximum atomic E-state index is 13.5. The van der Waals surface area contributed by atoms with E-state index < -0.39 is 0 Å². The molecule has 1 amide bonds. The smallest absolute Gasteiger partial charge is 0.256 e. The maximum absolute atomic E-state index is 13.5. The predicted octanol–water partition coefficient (Wildman–Crippen LogP) is 8.47. The van der Waals surface area contributed by atoms with Crippen LogP contribution in [0.1, 0.15) is 15.9 Å². The van der Waals surface area contributed by atoms with E-state index >= 15 is 0 Å². The highest BCUT2D eigenvalue weighted by Crippen LogP contribution is 2.30. The van der Waals surface area contributed by atoms with Crippen molar-refractivity contribution < 1.29 is 4.79 Å². The zero-order valence-corrected chi connectivity index (χ0v) is 21.4. The molecule has 0 spiro atoms. The summed E-state index contributed by atoms with van der Waals surface area (Å²) in [5.74, 6) is 0.550. The number of rotatable bonds is 5. The Bertz CT molecular complexity index is 1780. The minimum atomic E-state index is -0.180. The highest BCUT2D eigenvalue weighted by Gasteiger charge is 2.15. The predicted molar refractivity (Wildman–Crippen MR) is 154 cm³/mol. The van der Waals surface area contributed by atoms with Gasteiger partial charge in [-0.05, 0) is 78.5 Å². The Balaban J connectivity index is 1.32. The van der Waals surface area contributed by atoms with Crippen LogP contribution in [0, 0.1) is 6.92 Å². The van der Waals surface area contributed by atoms with Crippen molar-refractivity contribution in [1.29, 1.82) is 0 Å². The molecule has 0 saturated carbocycles. The fraction of sp³-hybridized carbons (Fsp3) is 0.0333. The van der Waals surface area contributed by atoms with Crippen molar-refractivity contribution in [3.05, 3.63) is 113 Å². The summed E-state index contributed by atoms with van der Waals surface area (Å²) in [6.45, 7) is 2.03. The van der Waals surface area contributed by atoms with Crippen LogP contribution in [0.15, 0.2) is 96.4 Å². The second kappa shape index (κ2) is 9.65. The Hall–Kier alpha value is -4.26. The fourth-order valence-electron chi connectivity index (χ4n) is 4.36. The van der Waals surface area contributed by atoms with Gasteiger partial charge in [-0.15, -0.1) is 11.3 Å². The summed E-state index contributed by atoms with van der Waals surface area (Å²) in [6.07, 6.45) is 0. The van der Waals surface area contributed by atoms with Crippen LogP contribution < -0.4 is 10.6 Å². The molecule has 0 aliphatic carbocycles. The molecule has 0 saturated heterocycles. The first kappa shape index (κ1) is 23.2. The van der Waals surface area contributed by atoms with Crippen molar-refractivity contribution in [2.24, 2.45) is 0 Å². The van der Waals surface area contributed by atoms with Gasteiger partial charge >= 0.3 is 0 Å². The molecule has 0 fully saturated rings. The van der Waals surface area contributed by atoms with Crippen LogP contribution in [0.3, 0.4) is 0 Å². The normalized spacial score (nSPS) is 11.1. The third kappa shape index (κ3) is 4.77. The molecular formula is C30H21ClN4OS. The molecule has 2 N–H and O–H groups in total. The van der Waals surface area contributed by atoms with Gasteiger partial charge in [0, 0.05) is 27.2 Å². The zero-order valence-electron chi connectivity index (χ0n) is 19.8. The minimum absolute atomic E-state index is 0.180. The first-order valence-corrected chi connectivity index (χ1v) is 13.0. The van der Waals surface area contributed by atoms with Gasteiger partial charge in [0.05, 0.1) is 27.2 Å². The number of benzene rings is 3. The highest BCUT2D eigenvalue weighted by molar-refractivity contribution is 7.13. The number of halogens is 1. The van der Waals surface area contributed by atoms with E-state index in [-0.39, 0.29) is 5.91 Å². The quantitative estimate of drug-likeness (QED) is 0.239. The molecule has 0 aliphatic rings. The lowest BCUT2D eigenvalue weighted by Gasteiger charge is -2.12. The molecule has 37 heavy (non-hydrogen) atoms. The molecule has 0 aliphatic heterocycles. The van der Waals surface area contributed by atoms with E-state index in [1.165, 1.54) is 0 Å². The van der Waals surface area contributed by atoms with Crippen LogP contribution in [-0.2, 0) is 0 Å². The number of nitrogens with one attached hydrogen (secondary N) is 2. The molecular weight excluding hydrogens is 500 g/mol. The van der Waals surface area contributed by atoms with Gasteiger partial charge in [0.1, 0.15) is 5.82 Å². The number of fused-ring (bicyclic) bond motifs is 2. The van der Waals surface area contributed by atoms with Gasteiger partial charge in [-0.2, -0.15) is 0 Å². The van der Waals surface area contributed by atoms with Gasteiger partial charge in [-0.25, -0.2) is 9.97 Å². The third-order valence-corrected chi connectivity index (χ3v) is 7.23. The first-order chi connectivity index (χ1) is 18.0. The van der Waals surface area contributed by atoms with Crippen LogP contribution in [0.2, 0.25) is 5.02 Å². The summed E-state index contributed by atoms with van der Waals surface area (Å²) in [4.78, 5) is 24.0. The summed E-state index contributed by atoms with van der Waals surface area (Å²) in [7, 11) is 0. The number of nitrogens with zero attached hydrogens (tertiary/aromatic N) is 2. The largest absolute Gasteiger partial charge is 0.340 e. The number of thiophene rings is 1. The summed E-state index contributed by atoms with van der Waals surface area (Å²) in [6, 6.07) is 28.8. The number of anilines is 3. The van der Waals surface area contributed by atoms with Gasteiger partial charge in [-0.1, -0.05) is 41.9 Å². The SMILES string of the molecule is Cc1cc(Nc2cccc(Cl)c2)nc2ccc(NC(=O)c3cc(-c4cccs4)nc4ccccc34)cc12. The number of carbonyl (C=O) groups excluding carboxylic acids is 1. The molecule has 0 radical (unpaired) electrons. The molecule has 3 aromatic carbocycles. The van der Waals surface area contributed by atoms with E-state index in [0.29, 0.717) is 16.3 Å². The number of aromatic nitrogens is 2. The van der Waals surface area contributed by atoms with Crippen LogP contribution in [-0.4, -0.2) is 15.9 Å². The Kier molecular flexibility index (Phi) is 6.04. The second-order valence-corrected chi connectivity index (χ2v) is 10.1. The molecule has 6 rings (SSSR count). The average Bonchev–Trinajstić information content (AvgIpc) is 3.44. The van der Waals surface area contributed by atoms with Gasteiger partial charge < -0.3 is 10.6 Å². The minimum Gasteiger partial charge on any atom is -0.340 e.